The number of hydrogen-bond donors (Lipinski definition) is 2. The fourth-order valence-electron chi connectivity index (χ4n) is 4.41. The fourth-order valence-corrected chi connectivity index (χ4v) is 4.41. The van der Waals surface area contributed by atoms with Gasteiger partial charge in [-0.3, -0.25) is 0 Å². The van der Waals surface area contributed by atoms with Gasteiger partial charge in [0.1, 0.15) is 0 Å². The lowest BCUT2D eigenvalue weighted by Gasteiger charge is -2.46. The van der Waals surface area contributed by atoms with Crippen LogP contribution in [0.5, 0.6) is 0 Å². The Kier molecular flexibility index (Phi) is 3.87. The van der Waals surface area contributed by atoms with E-state index in [1.807, 2.05) is 0 Å². The molecule has 2 aliphatic rings. The molecule has 2 aliphatic carbocycles. The van der Waals surface area contributed by atoms with Crippen LogP contribution in [0.15, 0.2) is 24.3 Å². The van der Waals surface area contributed by atoms with E-state index in [-0.39, 0.29) is 5.41 Å². The minimum absolute atomic E-state index is 0.0769. The Morgan fingerprint density at radius 1 is 0.900 bits per heavy atom. The van der Waals surface area contributed by atoms with E-state index in [2.05, 4.69) is 24.3 Å². The molecule has 0 saturated heterocycles. The summed E-state index contributed by atoms with van der Waals surface area (Å²) in [6, 6.07) is 8.50. The predicted molar refractivity (Wildman–Crippen MR) is 82.6 cm³/mol. The van der Waals surface area contributed by atoms with Crippen molar-refractivity contribution in [2.45, 2.75) is 63.4 Å². The average molecular weight is 273 g/mol. The molecule has 0 spiro atoms. The summed E-state index contributed by atoms with van der Waals surface area (Å²) >= 11 is 0. The van der Waals surface area contributed by atoms with Crippen LogP contribution in [0.25, 0.3) is 0 Å². The number of fused-ring (bicyclic) bond motifs is 1. The summed E-state index contributed by atoms with van der Waals surface area (Å²) in [5.41, 5.74) is 8.15. The molecular weight excluding hydrogens is 246 g/mol. The van der Waals surface area contributed by atoms with Crippen molar-refractivity contribution in [2.24, 2.45) is 11.1 Å². The van der Waals surface area contributed by atoms with Gasteiger partial charge in [0.05, 0.1) is 5.60 Å². The molecule has 3 N–H and O–H groups in total. The molecular formula is C18H27NO. The van der Waals surface area contributed by atoms with Gasteiger partial charge in [-0.2, -0.15) is 0 Å². The van der Waals surface area contributed by atoms with E-state index >= 15 is 0 Å². The van der Waals surface area contributed by atoms with Crippen LogP contribution in [0.4, 0.5) is 0 Å². The van der Waals surface area contributed by atoms with Crippen LogP contribution < -0.4 is 5.73 Å². The van der Waals surface area contributed by atoms with Crippen LogP contribution in [0.2, 0.25) is 0 Å². The van der Waals surface area contributed by atoms with E-state index < -0.39 is 5.60 Å². The molecule has 0 unspecified atom stereocenters. The zero-order chi connectivity index (χ0) is 14.1. The fraction of sp³-hybridized carbons (Fsp3) is 0.667. The molecule has 0 heterocycles. The molecule has 2 heteroatoms. The van der Waals surface area contributed by atoms with Crippen LogP contribution in [0.3, 0.4) is 0 Å². The number of benzene rings is 1. The predicted octanol–water partition coefficient (Wildman–Crippen LogP) is 3.21. The maximum Gasteiger partial charge on any atom is 0.0796 e. The lowest BCUT2D eigenvalue weighted by Crippen LogP contribution is -2.53. The first kappa shape index (κ1) is 14.1. The van der Waals surface area contributed by atoms with Crippen molar-refractivity contribution in [2.75, 3.05) is 6.54 Å². The Labute approximate surface area is 122 Å². The Morgan fingerprint density at radius 3 is 1.90 bits per heavy atom. The molecule has 20 heavy (non-hydrogen) atoms. The van der Waals surface area contributed by atoms with E-state index in [4.69, 9.17) is 5.73 Å². The lowest BCUT2D eigenvalue weighted by atomic mass is 9.63. The van der Waals surface area contributed by atoms with Crippen molar-refractivity contribution in [3.05, 3.63) is 35.4 Å². The van der Waals surface area contributed by atoms with E-state index in [1.165, 1.54) is 43.2 Å². The highest BCUT2D eigenvalue weighted by Crippen LogP contribution is 2.48. The number of aliphatic hydroxyl groups is 1. The summed E-state index contributed by atoms with van der Waals surface area (Å²) in [7, 11) is 0. The van der Waals surface area contributed by atoms with Gasteiger partial charge in [-0.15, -0.1) is 0 Å². The Balaban J connectivity index is 1.88. The molecule has 0 radical (unpaired) electrons. The molecule has 1 aromatic carbocycles. The van der Waals surface area contributed by atoms with Gasteiger partial charge in [0.2, 0.25) is 0 Å². The van der Waals surface area contributed by atoms with Gasteiger partial charge in [0, 0.05) is 24.8 Å². The third-order valence-electron chi connectivity index (χ3n) is 5.77. The summed E-state index contributed by atoms with van der Waals surface area (Å²) in [6.45, 7) is 0.623. The Bertz CT molecular complexity index is 435. The monoisotopic (exact) mass is 273 g/mol. The smallest absolute Gasteiger partial charge is 0.0796 e. The zero-order valence-electron chi connectivity index (χ0n) is 12.4. The van der Waals surface area contributed by atoms with Crippen LogP contribution >= 0.6 is 0 Å². The minimum atomic E-state index is -0.622. The zero-order valence-corrected chi connectivity index (χ0v) is 12.4. The van der Waals surface area contributed by atoms with Crippen molar-refractivity contribution in [1.29, 1.82) is 0 Å². The van der Waals surface area contributed by atoms with Gasteiger partial charge in [-0.05, 0) is 24.0 Å². The quantitative estimate of drug-likeness (QED) is 0.869. The van der Waals surface area contributed by atoms with Crippen LogP contribution in [0, 0.1) is 5.41 Å². The standard InChI is InChI=1S/C18H27NO/c19-14-17(10-6-2-1-3-7-11-17)18(20)12-15-8-4-5-9-16(15)13-18/h4-5,8-9,20H,1-3,6-7,10-14,19H2. The molecule has 1 aromatic rings. The van der Waals surface area contributed by atoms with Gasteiger partial charge in [0.25, 0.3) is 0 Å². The second-order valence-electron chi connectivity index (χ2n) is 6.91. The highest BCUT2D eigenvalue weighted by atomic mass is 16.3. The third-order valence-corrected chi connectivity index (χ3v) is 5.77. The highest BCUT2D eigenvalue weighted by molar-refractivity contribution is 5.36. The van der Waals surface area contributed by atoms with E-state index in [1.54, 1.807) is 0 Å². The minimum Gasteiger partial charge on any atom is -0.389 e. The average Bonchev–Trinajstić information content (AvgIpc) is 2.76. The first-order valence-corrected chi connectivity index (χ1v) is 8.18. The summed E-state index contributed by atoms with van der Waals surface area (Å²) in [5, 5.41) is 11.4. The van der Waals surface area contributed by atoms with Crippen molar-refractivity contribution in [1.82, 2.24) is 0 Å². The lowest BCUT2D eigenvalue weighted by molar-refractivity contribution is -0.0863. The molecule has 0 atom stereocenters. The largest absolute Gasteiger partial charge is 0.389 e. The van der Waals surface area contributed by atoms with E-state index in [9.17, 15) is 5.11 Å². The Hall–Kier alpha value is -0.860. The van der Waals surface area contributed by atoms with Crippen LogP contribution in [0.1, 0.15) is 56.1 Å². The highest BCUT2D eigenvalue weighted by Gasteiger charge is 2.51. The van der Waals surface area contributed by atoms with Gasteiger partial charge < -0.3 is 10.8 Å². The Morgan fingerprint density at radius 2 is 1.40 bits per heavy atom. The normalized spacial score (nSPS) is 24.7. The maximum atomic E-state index is 11.4. The molecule has 110 valence electrons. The van der Waals surface area contributed by atoms with E-state index in [0.717, 1.165) is 25.7 Å². The molecule has 0 bridgehead atoms. The summed E-state index contributed by atoms with van der Waals surface area (Å²) in [6.07, 6.45) is 10.1. The van der Waals surface area contributed by atoms with Crippen molar-refractivity contribution >= 4 is 0 Å². The molecule has 3 rings (SSSR count). The van der Waals surface area contributed by atoms with Crippen molar-refractivity contribution in [3.8, 4) is 0 Å². The first-order valence-electron chi connectivity index (χ1n) is 8.18. The van der Waals surface area contributed by atoms with Crippen molar-refractivity contribution in [3.63, 3.8) is 0 Å². The third kappa shape index (κ3) is 2.29. The molecule has 1 saturated carbocycles. The molecule has 0 aromatic heterocycles. The van der Waals surface area contributed by atoms with Crippen LogP contribution in [-0.4, -0.2) is 17.3 Å². The molecule has 0 amide bonds. The van der Waals surface area contributed by atoms with Crippen molar-refractivity contribution < 1.29 is 5.11 Å². The van der Waals surface area contributed by atoms with E-state index in [0.29, 0.717) is 6.54 Å². The van der Waals surface area contributed by atoms with Gasteiger partial charge in [0.15, 0.2) is 0 Å². The summed E-state index contributed by atoms with van der Waals surface area (Å²) in [5.74, 6) is 0. The topological polar surface area (TPSA) is 46.2 Å². The maximum absolute atomic E-state index is 11.4. The number of nitrogens with two attached hydrogens (primary N) is 1. The second-order valence-corrected chi connectivity index (χ2v) is 6.91. The van der Waals surface area contributed by atoms with Crippen LogP contribution in [-0.2, 0) is 12.8 Å². The molecule has 1 fully saturated rings. The molecule has 2 nitrogen and oxygen atoms in total. The van der Waals surface area contributed by atoms with Gasteiger partial charge in [-0.25, -0.2) is 0 Å². The van der Waals surface area contributed by atoms with Gasteiger partial charge in [-0.1, -0.05) is 56.4 Å². The molecule has 0 aliphatic heterocycles. The summed E-state index contributed by atoms with van der Waals surface area (Å²) < 4.78 is 0. The SMILES string of the molecule is NCC1(C2(O)Cc3ccccc3C2)CCCCCCC1. The summed E-state index contributed by atoms with van der Waals surface area (Å²) in [4.78, 5) is 0. The number of hydrogen-bond acceptors (Lipinski definition) is 2. The first-order chi connectivity index (χ1) is 9.69. The second kappa shape index (κ2) is 5.50. The number of rotatable bonds is 2. The van der Waals surface area contributed by atoms with Gasteiger partial charge >= 0.3 is 0 Å².